The number of halogens is 2. The molecule has 2 aliphatic heterocycles. The standard InChI is InChI=1S/C44H47Cl2N5O3Si/c1-28-22-40-36(26-49(28)42(52)31-18-20-37(45)38(46)23-31)41-43(53)50(29(2)32-19-21-39(47-24-32)30-16-17-30)25-33(51(41)48-40)27-54-55(44(3,4)5,34-12-8-6-9-13-34)35-14-10-7-11-15-35/h6-15,18-21,23-24,28-30,33H,16-17,22,25-27H2,1-5H3/t28-,29?,33+/m1/s1. The largest absolute Gasteiger partial charge is 0.405 e. The highest BCUT2D eigenvalue weighted by atomic mass is 35.5. The van der Waals surface area contributed by atoms with Crippen molar-refractivity contribution in [1.29, 1.82) is 0 Å². The van der Waals surface area contributed by atoms with Crippen LogP contribution in [0.1, 0.15) is 109 Å². The number of carbonyl (C=O) groups is 2. The molecule has 3 aliphatic rings. The van der Waals surface area contributed by atoms with E-state index in [9.17, 15) is 9.59 Å². The summed E-state index contributed by atoms with van der Waals surface area (Å²) in [4.78, 5) is 37.5. The molecule has 1 unspecified atom stereocenters. The lowest BCUT2D eigenvalue weighted by molar-refractivity contribution is 0.0521. The number of aromatic nitrogens is 3. The second-order valence-electron chi connectivity index (χ2n) is 16.4. The van der Waals surface area contributed by atoms with Crippen LogP contribution in [0.15, 0.2) is 97.2 Å². The third-order valence-electron chi connectivity index (χ3n) is 11.7. The van der Waals surface area contributed by atoms with Gasteiger partial charge in [-0.15, -0.1) is 0 Å². The van der Waals surface area contributed by atoms with Crippen molar-refractivity contribution in [2.24, 2.45) is 0 Å². The number of carbonyl (C=O) groups excluding carboxylic acids is 2. The number of rotatable bonds is 9. The minimum Gasteiger partial charge on any atom is -0.405 e. The van der Waals surface area contributed by atoms with E-state index in [-0.39, 0.29) is 41.5 Å². The van der Waals surface area contributed by atoms with Crippen LogP contribution >= 0.6 is 23.2 Å². The first kappa shape index (κ1) is 37.6. The lowest BCUT2D eigenvalue weighted by atomic mass is 9.96. The van der Waals surface area contributed by atoms with Crippen molar-refractivity contribution in [2.45, 2.75) is 89.5 Å². The molecular formula is C44H47Cl2N5O3Si. The predicted octanol–water partition coefficient (Wildman–Crippen LogP) is 8.38. The maximum atomic E-state index is 14.9. The van der Waals surface area contributed by atoms with Crippen molar-refractivity contribution in [1.82, 2.24) is 24.6 Å². The molecule has 8 nitrogen and oxygen atoms in total. The molecule has 0 N–H and O–H groups in total. The van der Waals surface area contributed by atoms with Gasteiger partial charge in [0, 0.05) is 47.9 Å². The molecule has 11 heteroatoms. The molecule has 1 aliphatic carbocycles. The zero-order valence-electron chi connectivity index (χ0n) is 32.0. The summed E-state index contributed by atoms with van der Waals surface area (Å²) < 4.78 is 9.43. The summed E-state index contributed by atoms with van der Waals surface area (Å²) in [5.74, 6) is 0.269. The quantitative estimate of drug-likeness (QED) is 0.140. The highest BCUT2D eigenvalue weighted by Crippen LogP contribution is 2.41. The van der Waals surface area contributed by atoms with Crippen LogP contribution < -0.4 is 10.4 Å². The second kappa shape index (κ2) is 14.7. The number of benzene rings is 3. The Hall–Kier alpha value is -4.28. The SMILES string of the molecule is CC(c1ccc(C2CC2)nc1)N1C[C@@H](CO[Si](c2ccccc2)(c2ccccc2)C(C)(C)C)n2nc3c(c2C1=O)CN(C(=O)c1ccc(Cl)c(Cl)c1)[C@H](C)C3. The molecule has 3 aromatic carbocycles. The fourth-order valence-corrected chi connectivity index (χ4v) is 13.4. The Morgan fingerprint density at radius 3 is 2.20 bits per heavy atom. The van der Waals surface area contributed by atoms with E-state index in [0.717, 1.165) is 22.5 Å². The maximum Gasteiger partial charge on any atom is 0.273 e. The van der Waals surface area contributed by atoms with Gasteiger partial charge in [-0.25, -0.2) is 0 Å². The summed E-state index contributed by atoms with van der Waals surface area (Å²) in [6, 6.07) is 29.7. The Labute approximate surface area is 334 Å². The van der Waals surface area contributed by atoms with Gasteiger partial charge in [0.25, 0.3) is 20.1 Å². The van der Waals surface area contributed by atoms with E-state index in [1.807, 2.05) is 39.7 Å². The average molecular weight is 793 g/mol. The van der Waals surface area contributed by atoms with Gasteiger partial charge in [0.05, 0.1) is 41.0 Å². The Bertz CT molecular complexity index is 2180. The molecule has 284 valence electrons. The van der Waals surface area contributed by atoms with E-state index in [1.54, 1.807) is 18.2 Å². The molecule has 8 rings (SSSR count). The van der Waals surface area contributed by atoms with E-state index in [1.165, 1.54) is 23.2 Å². The molecule has 1 saturated carbocycles. The van der Waals surface area contributed by atoms with Crippen LogP contribution in [0, 0.1) is 0 Å². The molecule has 2 amide bonds. The van der Waals surface area contributed by atoms with Gasteiger partial charge in [-0.2, -0.15) is 5.10 Å². The van der Waals surface area contributed by atoms with E-state index in [2.05, 4.69) is 88.4 Å². The first-order valence-corrected chi connectivity index (χ1v) is 21.9. The number of nitrogens with zero attached hydrogens (tertiary/aromatic N) is 5. The number of fused-ring (bicyclic) bond motifs is 3. The van der Waals surface area contributed by atoms with Gasteiger partial charge in [0.15, 0.2) is 0 Å². The van der Waals surface area contributed by atoms with Gasteiger partial charge < -0.3 is 14.2 Å². The highest BCUT2D eigenvalue weighted by Gasteiger charge is 2.51. The third kappa shape index (κ3) is 6.83. The third-order valence-corrected chi connectivity index (χ3v) is 17.5. The summed E-state index contributed by atoms with van der Waals surface area (Å²) in [5.41, 5.74) is 4.69. The fourth-order valence-electron chi connectivity index (χ4n) is 8.55. The summed E-state index contributed by atoms with van der Waals surface area (Å²) in [6.07, 6.45) is 4.80. The molecule has 55 heavy (non-hydrogen) atoms. The molecule has 1 fully saturated rings. The first-order valence-electron chi connectivity index (χ1n) is 19.3. The number of hydrogen-bond acceptors (Lipinski definition) is 5. The van der Waals surface area contributed by atoms with Crippen molar-refractivity contribution < 1.29 is 14.0 Å². The lowest BCUT2D eigenvalue weighted by Gasteiger charge is -2.45. The van der Waals surface area contributed by atoms with E-state index < -0.39 is 8.32 Å². The van der Waals surface area contributed by atoms with E-state index >= 15 is 0 Å². The van der Waals surface area contributed by atoms with Crippen molar-refractivity contribution in [3.8, 4) is 0 Å². The molecule has 0 radical (unpaired) electrons. The van der Waals surface area contributed by atoms with Crippen molar-refractivity contribution in [3.05, 3.63) is 141 Å². The summed E-state index contributed by atoms with van der Waals surface area (Å²) in [7, 11) is -2.92. The molecular weight excluding hydrogens is 746 g/mol. The van der Waals surface area contributed by atoms with Crippen LogP contribution in [0.25, 0.3) is 0 Å². The minimum absolute atomic E-state index is 0.106. The monoisotopic (exact) mass is 791 g/mol. The van der Waals surface area contributed by atoms with Gasteiger partial charge in [-0.1, -0.05) is 111 Å². The topological polar surface area (TPSA) is 80.6 Å². The van der Waals surface area contributed by atoms with Crippen LogP contribution in [0.5, 0.6) is 0 Å². The van der Waals surface area contributed by atoms with Crippen LogP contribution in [0.3, 0.4) is 0 Å². The molecule has 0 saturated heterocycles. The zero-order chi connectivity index (χ0) is 38.6. The number of amides is 2. The van der Waals surface area contributed by atoms with Gasteiger partial charge in [0.1, 0.15) is 5.69 Å². The van der Waals surface area contributed by atoms with Gasteiger partial charge >= 0.3 is 0 Å². The first-order chi connectivity index (χ1) is 26.4. The normalized spacial score (nSPS) is 19.2. The minimum atomic E-state index is -2.92. The fraction of sp³-hybridized carbons (Fsp3) is 0.364. The summed E-state index contributed by atoms with van der Waals surface area (Å²) in [6.45, 7) is 11.9. The van der Waals surface area contributed by atoms with Crippen molar-refractivity contribution >= 4 is 53.7 Å². The molecule has 4 heterocycles. The smallest absolute Gasteiger partial charge is 0.273 e. The van der Waals surface area contributed by atoms with Crippen LogP contribution in [-0.2, 0) is 17.4 Å². The summed E-state index contributed by atoms with van der Waals surface area (Å²) >= 11 is 12.5. The Morgan fingerprint density at radius 2 is 1.62 bits per heavy atom. The second-order valence-corrected chi connectivity index (χ2v) is 21.5. The van der Waals surface area contributed by atoms with Gasteiger partial charge in [0.2, 0.25) is 0 Å². The van der Waals surface area contributed by atoms with E-state index in [4.69, 9.17) is 37.7 Å². The lowest BCUT2D eigenvalue weighted by Crippen LogP contribution is -2.67. The Balaban J connectivity index is 1.20. The van der Waals surface area contributed by atoms with Gasteiger partial charge in [-0.05, 0) is 71.9 Å². The molecule has 5 aromatic rings. The summed E-state index contributed by atoms with van der Waals surface area (Å²) in [5, 5.41) is 8.07. The van der Waals surface area contributed by atoms with Crippen molar-refractivity contribution in [3.63, 3.8) is 0 Å². The average Bonchev–Trinajstić information content (AvgIpc) is 3.97. The van der Waals surface area contributed by atoms with Crippen LogP contribution in [-0.4, -0.2) is 63.9 Å². The molecule has 0 spiro atoms. The van der Waals surface area contributed by atoms with Crippen molar-refractivity contribution in [2.75, 3.05) is 13.2 Å². The molecule has 3 atom stereocenters. The number of hydrogen-bond donors (Lipinski definition) is 0. The van der Waals surface area contributed by atoms with Crippen LogP contribution in [0.4, 0.5) is 0 Å². The number of pyridine rings is 1. The maximum absolute atomic E-state index is 14.9. The molecule has 0 bridgehead atoms. The Kier molecular flexibility index (Phi) is 10.0. The van der Waals surface area contributed by atoms with Crippen LogP contribution in [0.2, 0.25) is 15.1 Å². The zero-order valence-corrected chi connectivity index (χ0v) is 34.5. The highest BCUT2D eigenvalue weighted by molar-refractivity contribution is 6.99. The Morgan fingerprint density at radius 1 is 0.945 bits per heavy atom. The van der Waals surface area contributed by atoms with E-state index in [0.29, 0.717) is 46.8 Å². The van der Waals surface area contributed by atoms with Gasteiger partial charge in [-0.3, -0.25) is 19.3 Å². The predicted molar refractivity (Wildman–Crippen MR) is 220 cm³/mol. The molecule has 2 aromatic heterocycles.